The van der Waals surface area contributed by atoms with Gasteiger partial charge in [-0.2, -0.15) is 9.78 Å². The summed E-state index contributed by atoms with van der Waals surface area (Å²) in [6.07, 6.45) is 4.61. The number of halogens is 2. The van der Waals surface area contributed by atoms with Crippen LogP contribution in [-0.2, 0) is 0 Å². The van der Waals surface area contributed by atoms with Crippen LogP contribution < -0.4 is 10.5 Å². The van der Waals surface area contributed by atoms with Crippen molar-refractivity contribution in [3.8, 4) is 11.4 Å². The van der Waals surface area contributed by atoms with E-state index < -0.39 is 5.56 Å². The largest absolute Gasteiger partial charge is 0.365 e. The summed E-state index contributed by atoms with van der Waals surface area (Å²) in [4.78, 5) is 33.7. The third-order valence-electron chi connectivity index (χ3n) is 5.77. The van der Waals surface area contributed by atoms with Crippen LogP contribution >= 0.6 is 11.6 Å². The van der Waals surface area contributed by atoms with Gasteiger partial charge in [0.15, 0.2) is 0 Å². The van der Waals surface area contributed by atoms with Crippen molar-refractivity contribution in [2.75, 3.05) is 31.1 Å². The van der Waals surface area contributed by atoms with Crippen LogP contribution in [0.25, 0.3) is 11.4 Å². The lowest BCUT2D eigenvalue weighted by molar-refractivity contribution is 0.0738. The molecule has 4 aromatic rings. The number of amides is 1. The lowest BCUT2D eigenvalue weighted by Gasteiger charge is -2.36. The van der Waals surface area contributed by atoms with Crippen molar-refractivity contribution in [3.63, 3.8) is 0 Å². The van der Waals surface area contributed by atoms with Gasteiger partial charge in [0, 0.05) is 31.9 Å². The SMILES string of the molecule is O=C(c1cncn1-c1ccc(F)cc1)N1CCN(c2cnn(-c3ccccc3)c(=O)c2Cl)CC1. The van der Waals surface area contributed by atoms with Gasteiger partial charge in [-0.05, 0) is 36.4 Å². The van der Waals surface area contributed by atoms with Gasteiger partial charge in [-0.15, -0.1) is 0 Å². The van der Waals surface area contributed by atoms with Crippen LogP contribution in [0.4, 0.5) is 10.1 Å². The lowest BCUT2D eigenvalue weighted by Crippen LogP contribution is -2.49. The molecule has 0 aliphatic carbocycles. The molecule has 0 N–H and O–H groups in total. The zero-order valence-corrected chi connectivity index (χ0v) is 18.8. The van der Waals surface area contributed by atoms with Crippen molar-refractivity contribution in [1.82, 2.24) is 24.2 Å². The monoisotopic (exact) mass is 478 g/mol. The molecule has 5 rings (SSSR count). The molecule has 0 radical (unpaired) electrons. The maximum absolute atomic E-state index is 13.3. The highest BCUT2D eigenvalue weighted by Crippen LogP contribution is 2.24. The first-order valence-electron chi connectivity index (χ1n) is 10.7. The highest BCUT2D eigenvalue weighted by molar-refractivity contribution is 6.33. The second-order valence-electron chi connectivity index (χ2n) is 7.80. The molecular weight excluding hydrogens is 459 g/mol. The number of aromatic nitrogens is 4. The van der Waals surface area contributed by atoms with E-state index in [0.29, 0.717) is 48.9 Å². The molecule has 0 bridgehead atoms. The van der Waals surface area contributed by atoms with E-state index in [2.05, 4.69) is 10.1 Å². The Morgan fingerprint density at radius 2 is 1.62 bits per heavy atom. The van der Waals surface area contributed by atoms with Crippen LogP contribution in [0.3, 0.4) is 0 Å². The summed E-state index contributed by atoms with van der Waals surface area (Å²) in [5, 5.41) is 4.38. The number of carbonyl (C=O) groups is 1. The Bertz CT molecular complexity index is 1380. The van der Waals surface area contributed by atoms with Crippen LogP contribution in [0.2, 0.25) is 5.02 Å². The molecule has 172 valence electrons. The predicted octanol–water partition coefficient (Wildman–Crippen LogP) is 3.17. The molecule has 1 saturated heterocycles. The smallest absolute Gasteiger partial charge is 0.292 e. The molecule has 0 atom stereocenters. The predicted molar refractivity (Wildman–Crippen MR) is 126 cm³/mol. The Morgan fingerprint density at radius 1 is 0.912 bits per heavy atom. The molecule has 10 heteroatoms. The molecule has 8 nitrogen and oxygen atoms in total. The first-order chi connectivity index (χ1) is 16.5. The molecule has 2 aromatic carbocycles. The zero-order chi connectivity index (χ0) is 23.7. The van der Waals surface area contributed by atoms with Crippen molar-refractivity contribution >= 4 is 23.2 Å². The summed E-state index contributed by atoms with van der Waals surface area (Å²) in [5.41, 5.74) is 1.83. The molecule has 1 aliphatic heterocycles. The molecule has 0 unspecified atom stereocenters. The number of nitrogens with zero attached hydrogens (tertiary/aromatic N) is 6. The minimum Gasteiger partial charge on any atom is -0.365 e. The fourth-order valence-electron chi connectivity index (χ4n) is 3.97. The van der Waals surface area contributed by atoms with E-state index in [0.717, 1.165) is 0 Å². The first kappa shape index (κ1) is 21.8. The Labute approximate surface area is 199 Å². The first-order valence-corrected chi connectivity index (χ1v) is 11.1. The third kappa shape index (κ3) is 4.06. The van der Waals surface area contributed by atoms with Crippen molar-refractivity contribution in [2.24, 2.45) is 0 Å². The average molecular weight is 479 g/mol. The number of para-hydroxylation sites is 1. The van der Waals surface area contributed by atoms with Crippen LogP contribution in [0, 0.1) is 5.82 Å². The fourth-order valence-corrected chi connectivity index (χ4v) is 4.22. The van der Waals surface area contributed by atoms with E-state index in [1.807, 2.05) is 23.1 Å². The number of hydrogen-bond donors (Lipinski definition) is 0. The van der Waals surface area contributed by atoms with Gasteiger partial charge >= 0.3 is 0 Å². The number of imidazole rings is 1. The highest BCUT2D eigenvalue weighted by Gasteiger charge is 2.26. The number of piperazine rings is 1. The zero-order valence-electron chi connectivity index (χ0n) is 18.0. The van der Waals surface area contributed by atoms with E-state index in [1.54, 1.807) is 39.9 Å². The molecule has 3 heterocycles. The van der Waals surface area contributed by atoms with Gasteiger partial charge in [-0.3, -0.25) is 14.2 Å². The number of carbonyl (C=O) groups excluding carboxylic acids is 1. The van der Waals surface area contributed by atoms with Gasteiger partial charge in [-0.1, -0.05) is 29.8 Å². The molecule has 0 saturated carbocycles. The minimum atomic E-state index is -0.396. The summed E-state index contributed by atoms with van der Waals surface area (Å²) in [5.74, 6) is -0.525. The summed E-state index contributed by atoms with van der Waals surface area (Å²) in [6, 6.07) is 14.9. The van der Waals surface area contributed by atoms with E-state index in [1.165, 1.54) is 29.3 Å². The van der Waals surface area contributed by atoms with E-state index >= 15 is 0 Å². The summed E-state index contributed by atoms with van der Waals surface area (Å²) < 4.78 is 16.2. The Hall–Kier alpha value is -3.98. The molecule has 0 spiro atoms. The van der Waals surface area contributed by atoms with E-state index in [4.69, 9.17) is 11.6 Å². The van der Waals surface area contributed by atoms with Gasteiger partial charge in [0.05, 0.1) is 30.1 Å². The van der Waals surface area contributed by atoms with E-state index in [-0.39, 0.29) is 16.7 Å². The lowest BCUT2D eigenvalue weighted by atomic mass is 10.2. The standard InChI is InChI=1S/C24H20ClFN6O2/c25-22-20(15-28-32(24(22)34)19-4-2-1-3-5-19)29-10-12-30(13-11-29)23(33)21-14-27-16-31(21)18-8-6-17(26)7-9-18/h1-9,14-16H,10-13H2. The van der Waals surface area contributed by atoms with Crippen LogP contribution in [0.15, 0.2) is 78.1 Å². The average Bonchev–Trinajstić information content (AvgIpc) is 3.36. The summed E-state index contributed by atoms with van der Waals surface area (Å²) in [7, 11) is 0. The van der Waals surface area contributed by atoms with Crippen LogP contribution in [0.1, 0.15) is 10.5 Å². The van der Waals surface area contributed by atoms with Crippen LogP contribution in [-0.4, -0.2) is 56.3 Å². The van der Waals surface area contributed by atoms with Gasteiger partial charge in [-0.25, -0.2) is 9.37 Å². The van der Waals surface area contributed by atoms with Crippen LogP contribution in [0.5, 0.6) is 0 Å². The second-order valence-corrected chi connectivity index (χ2v) is 8.18. The second kappa shape index (κ2) is 9.11. The van der Waals surface area contributed by atoms with Gasteiger partial charge in [0.25, 0.3) is 11.5 Å². The number of anilines is 1. The highest BCUT2D eigenvalue weighted by atomic mass is 35.5. The third-order valence-corrected chi connectivity index (χ3v) is 6.13. The van der Waals surface area contributed by atoms with Crippen molar-refractivity contribution in [1.29, 1.82) is 0 Å². The van der Waals surface area contributed by atoms with Crippen molar-refractivity contribution in [3.05, 3.63) is 100 Å². The molecule has 1 aliphatic rings. The number of benzene rings is 2. The number of hydrogen-bond acceptors (Lipinski definition) is 5. The minimum absolute atomic E-state index is 0.0908. The molecule has 34 heavy (non-hydrogen) atoms. The maximum atomic E-state index is 13.3. The fraction of sp³-hybridized carbons (Fsp3) is 0.167. The topological polar surface area (TPSA) is 76.3 Å². The quantitative estimate of drug-likeness (QED) is 0.450. The van der Waals surface area contributed by atoms with Gasteiger partial charge < -0.3 is 9.80 Å². The Morgan fingerprint density at radius 3 is 2.32 bits per heavy atom. The van der Waals surface area contributed by atoms with Gasteiger partial charge in [0.1, 0.15) is 16.5 Å². The number of rotatable bonds is 4. The molecule has 2 aromatic heterocycles. The van der Waals surface area contributed by atoms with E-state index in [9.17, 15) is 14.0 Å². The molecular formula is C24H20ClFN6O2. The summed E-state index contributed by atoms with van der Waals surface area (Å²) in [6.45, 7) is 1.86. The summed E-state index contributed by atoms with van der Waals surface area (Å²) >= 11 is 6.43. The molecule has 1 amide bonds. The Balaban J connectivity index is 1.31. The Kier molecular flexibility index (Phi) is 5.85. The van der Waals surface area contributed by atoms with Crippen molar-refractivity contribution in [2.45, 2.75) is 0 Å². The maximum Gasteiger partial charge on any atom is 0.292 e. The van der Waals surface area contributed by atoms with Crippen molar-refractivity contribution < 1.29 is 9.18 Å². The normalized spacial score (nSPS) is 13.8. The van der Waals surface area contributed by atoms with Gasteiger partial charge in [0.2, 0.25) is 0 Å². The molecule has 1 fully saturated rings.